The summed E-state index contributed by atoms with van der Waals surface area (Å²) in [5.41, 5.74) is 1.32. The van der Waals surface area contributed by atoms with Crippen molar-refractivity contribution in [2.45, 2.75) is 0 Å². The minimum Gasteiger partial charge on any atom is -0.371 e. The number of anilines is 1. The van der Waals surface area contributed by atoms with Gasteiger partial charge in [0.2, 0.25) is 0 Å². The molecule has 2 heterocycles. The van der Waals surface area contributed by atoms with Gasteiger partial charge in [-0.05, 0) is 24.0 Å². The van der Waals surface area contributed by atoms with E-state index in [1.807, 2.05) is 0 Å². The zero-order valence-electron chi connectivity index (χ0n) is 8.63. The Labute approximate surface area is 92.7 Å². The highest BCUT2D eigenvalue weighted by atomic mass is 32.2. The largest absolute Gasteiger partial charge is 0.371 e. The molecule has 2 nitrogen and oxygen atoms in total. The summed E-state index contributed by atoms with van der Waals surface area (Å²) in [4.78, 5) is 2.44. The third-order valence-corrected chi connectivity index (χ3v) is 5.10. The van der Waals surface area contributed by atoms with Crippen LogP contribution in [0, 0.1) is 11.8 Å². The minimum absolute atomic E-state index is 0.530. The monoisotopic (exact) mass is 221 g/mol. The van der Waals surface area contributed by atoms with Crippen molar-refractivity contribution in [1.29, 1.82) is 0 Å². The Morgan fingerprint density at radius 1 is 1.07 bits per heavy atom. The molecule has 3 rings (SSSR count). The third-order valence-electron chi connectivity index (χ3n) is 3.50. The van der Waals surface area contributed by atoms with Gasteiger partial charge in [-0.3, -0.25) is 4.21 Å². The summed E-state index contributed by atoms with van der Waals surface area (Å²) in [6, 6.07) is 10.6. The molecule has 2 saturated heterocycles. The molecule has 0 spiro atoms. The molecule has 1 unspecified atom stereocenters. The van der Waals surface area contributed by atoms with Crippen molar-refractivity contribution in [2.24, 2.45) is 11.8 Å². The van der Waals surface area contributed by atoms with Crippen LogP contribution in [0.5, 0.6) is 0 Å². The van der Waals surface area contributed by atoms with E-state index in [-0.39, 0.29) is 0 Å². The second-order valence-electron chi connectivity index (χ2n) is 4.53. The van der Waals surface area contributed by atoms with Crippen LogP contribution in [0.1, 0.15) is 0 Å². The summed E-state index contributed by atoms with van der Waals surface area (Å²) in [7, 11) is -0.530. The first-order chi connectivity index (χ1) is 7.33. The fourth-order valence-corrected chi connectivity index (χ4v) is 4.56. The molecule has 0 aliphatic carbocycles. The predicted molar refractivity (Wildman–Crippen MR) is 63.5 cm³/mol. The molecule has 0 bridgehead atoms. The number of hydrogen-bond donors (Lipinski definition) is 0. The quantitative estimate of drug-likeness (QED) is 0.716. The van der Waals surface area contributed by atoms with E-state index >= 15 is 0 Å². The molecule has 0 aromatic heterocycles. The Morgan fingerprint density at radius 3 is 2.27 bits per heavy atom. The number of para-hydroxylation sites is 1. The fourth-order valence-electron chi connectivity index (χ4n) is 2.71. The second kappa shape index (κ2) is 3.63. The lowest BCUT2D eigenvalue weighted by Crippen LogP contribution is -2.22. The van der Waals surface area contributed by atoms with E-state index in [9.17, 15) is 4.21 Å². The Kier molecular flexibility index (Phi) is 2.28. The van der Waals surface area contributed by atoms with Crippen molar-refractivity contribution < 1.29 is 4.21 Å². The maximum absolute atomic E-state index is 11.4. The summed E-state index contributed by atoms with van der Waals surface area (Å²) >= 11 is 0. The third kappa shape index (κ3) is 1.69. The van der Waals surface area contributed by atoms with E-state index in [0.717, 1.165) is 24.6 Å². The second-order valence-corrected chi connectivity index (χ2v) is 6.08. The molecule has 2 aliphatic heterocycles. The van der Waals surface area contributed by atoms with Crippen molar-refractivity contribution in [3.05, 3.63) is 30.3 Å². The highest BCUT2D eigenvalue weighted by molar-refractivity contribution is 7.85. The average molecular weight is 221 g/mol. The Bertz CT molecular complexity index is 362. The van der Waals surface area contributed by atoms with Crippen LogP contribution in [0.4, 0.5) is 5.69 Å². The molecular formula is C12H15NOS. The molecule has 0 radical (unpaired) electrons. The summed E-state index contributed by atoms with van der Waals surface area (Å²) < 4.78 is 11.4. The van der Waals surface area contributed by atoms with Gasteiger partial charge in [0.05, 0.1) is 0 Å². The van der Waals surface area contributed by atoms with Gasteiger partial charge < -0.3 is 4.90 Å². The summed E-state index contributed by atoms with van der Waals surface area (Å²) in [6.07, 6.45) is 0. The molecule has 3 heteroatoms. The topological polar surface area (TPSA) is 20.3 Å². The van der Waals surface area contributed by atoms with Crippen molar-refractivity contribution in [1.82, 2.24) is 0 Å². The molecule has 1 aromatic carbocycles. The SMILES string of the molecule is O=S1C[C@H]2CN(c3ccccc3)C[C@H]2C1. The number of rotatable bonds is 1. The number of fused-ring (bicyclic) bond motifs is 1. The molecule has 2 fully saturated rings. The number of hydrogen-bond acceptors (Lipinski definition) is 2. The summed E-state index contributed by atoms with van der Waals surface area (Å²) in [5.74, 6) is 3.19. The van der Waals surface area contributed by atoms with Crippen LogP contribution in [0.3, 0.4) is 0 Å². The lowest BCUT2D eigenvalue weighted by Gasteiger charge is -2.19. The van der Waals surface area contributed by atoms with Gasteiger partial charge in [0, 0.05) is 41.1 Å². The van der Waals surface area contributed by atoms with Gasteiger partial charge in [0.1, 0.15) is 0 Å². The Morgan fingerprint density at radius 2 is 1.67 bits per heavy atom. The van der Waals surface area contributed by atoms with Crippen molar-refractivity contribution in [3.8, 4) is 0 Å². The number of nitrogens with zero attached hydrogens (tertiary/aromatic N) is 1. The maximum Gasteiger partial charge on any atom is 0.0366 e. The lowest BCUT2D eigenvalue weighted by atomic mass is 10.0. The van der Waals surface area contributed by atoms with Gasteiger partial charge in [-0.15, -0.1) is 0 Å². The van der Waals surface area contributed by atoms with Crippen LogP contribution in [0.2, 0.25) is 0 Å². The van der Waals surface area contributed by atoms with Gasteiger partial charge >= 0.3 is 0 Å². The Balaban J connectivity index is 1.76. The van der Waals surface area contributed by atoms with Crippen LogP contribution < -0.4 is 4.90 Å². The van der Waals surface area contributed by atoms with E-state index in [0.29, 0.717) is 11.8 Å². The van der Waals surface area contributed by atoms with Gasteiger partial charge in [-0.1, -0.05) is 18.2 Å². The molecule has 0 saturated carbocycles. The standard InChI is InChI=1S/C12H15NOS/c14-15-8-10-6-13(7-11(10)9-15)12-4-2-1-3-5-12/h1-5,10-11H,6-9H2/t10-,11+,15?. The first kappa shape index (κ1) is 9.40. The highest BCUT2D eigenvalue weighted by Gasteiger charge is 2.39. The van der Waals surface area contributed by atoms with E-state index in [1.165, 1.54) is 5.69 Å². The van der Waals surface area contributed by atoms with E-state index < -0.39 is 10.8 Å². The smallest absolute Gasteiger partial charge is 0.0366 e. The van der Waals surface area contributed by atoms with Crippen LogP contribution >= 0.6 is 0 Å². The molecule has 80 valence electrons. The van der Waals surface area contributed by atoms with Gasteiger partial charge in [-0.2, -0.15) is 0 Å². The number of benzene rings is 1. The van der Waals surface area contributed by atoms with Gasteiger partial charge in [0.15, 0.2) is 0 Å². The van der Waals surface area contributed by atoms with Crippen LogP contribution in [0.15, 0.2) is 30.3 Å². The predicted octanol–water partition coefficient (Wildman–Crippen LogP) is 1.50. The fraction of sp³-hybridized carbons (Fsp3) is 0.500. The van der Waals surface area contributed by atoms with Crippen LogP contribution in [-0.4, -0.2) is 28.8 Å². The zero-order chi connectivity index (χ0) is 10.3. The van der Waals surface area contributed by atoms with Gasteiger partial charge in [-0.25, -0.2) is 0 Å². The maximum atomic E-state index is 11.4. The molecule has 1 aromatic rings. The van der Waals surface area contributed by atoms with E-state index in [2.05, 4.69) is 35.2 Å². The van der Waals surface area contributed by atoms with Crippen molar-refractivity contribution in [3.63, 3.8) is 0 Å². The van der Waals surface area contributed by atoms with Crippen LogP contribution in [-0.2, 0) is 10.8 Å². The summed E-state index contributed by atoms with van der Waals surface area (Å²) in [6.45, 7) is 2.20. The first-order valence-electron chi connectivity index (χ1n) is 5.48. The molecule has 2 aliphatic rings. The lowest BCUT2D eigenvalue weighted by molar-refractivity contribution is 0.533. The van der Waals surface area contributed by atoms with Gasteiger partial charge in [0.25, 0.3) is 0 Å². The average Bonchev–Trinajstić information content (AvgIpc) is 2.76. The normalized spacial score (nSPS) is 34.4. The molecule has 0 N–H and O–H groups in total. The molecule has 15 heavy (non-hydrogen) atoms. The van der Waals surface area contributed by atoms with Crippen molar-refractivity contribution >= 4 is 16.5 Å². The van der Waals surface area contributed by atoms with E-state index in [4.69, 9.17) is 0 Å². The molecule has 0 amide bonds. The van der Waals surface area contributed by atoms with Crippen LogP contribution in [0.25, 0.3) is 0 Å². The minimum atomic E-state index is -0.530. The zero-order valence-corrected chi connectivity index (χ0v) is 9.45. The molecule has 3 atom stereocenters. The Hall–Kier alpha value is -0.830. The molecular weight excluding hydrogens is 206 g/mol. The highest BCUT2D eigenvalue weighted by Crippen LogP contribution is 2.33. The first-order valence-corrected chi connectivity index (χ1v) is 6.97. The van der Waals surface area contributed by atoms with Crippen molar-refractivity contribution in [2.75, 3.05) is 29.5 Å². The summed E-state index contributed by atoms with van der Waals surface area (Å²) in [5, 5.41) is 0. The van der Waals surface area contributed by atoms with E-state index in [1.54, 1.807) is 0 Å².